The van der Waals surface area contributed by atoms with Crippen molar-refractivity contribution in [1.82, 2.24) is 25.6 Å². The van der Waals surface area contributed by atoms with E-state index in [1.54, 1.807) is 6.07 Å². The van der Waals surface area contributed by atoms with Gasteiger partial charge in [-0.15, -0.1) is 10.2 Å². The van der Waals surface area contributed by atoms with Gasteiger partial charge in [-0.2, -0.15) is 18.4 Å². The number of aliphatic carboxylic acids is 1. The fourth-order valence-corrected chi connectivity index (χ4v) is 4.26. The van der Waals surface area contributed by atoms with E-state index < -0.39 is 12.1 Å². The molecule has 0 bridgehead atoms. The van der Waals surface area contributed by atoms with Crippen molar-refractivity contribution in [3.05, 3.63) is 40.8 Å². The van der Waals surface area contributed by atoms with Gasteiger partial charge in [0.05, 0.1) is 16.2 Å². The molecule has 36 heavy (non-hydrogen) atoms. The summed E-state index contributed by atoms with van der Waals surface area (Å²) in [6.07, 6.45) is 3.97. The van der Waals surface area contributed by atoms with E-state index in [1.807, 2.05) is 18.2 Å². The highest BCUT2D eigenvalue weighted by molar-refractivity contribution is 6.35. The van der Waals surface area contributed by atoms with Crippen LogP contribution < -0.4 is 5.32 Å². The van der Waals surface area contributed by atoms with Gasteiger partial charge in [-0.3, -0.25) is 9.78 Å². The maximum Gasteiger partial charge on any atom is 0.490 e. The van der Waals surface area contributed by atoms with Gasteiger partial charge in [0.2, 0.25) is 5.91 Å². The molecule has 0 unspecified atom stereocenters. The Labute approximate surface area is 209 Å². The van der Waals surface area contributed by atoms with Crippen LogP contribution in [0.15, 0.2) is 24.3 Å². The first kappa shape index (κ1) is 27.3. The summed E-state index contributed by atoms with van der Waals surface area (Å²) in [7, 11) is 0. The molecule has 9 nitrogen and oxygen atoms in total. The lowest BCUT2D eigenvalue weighted by Crippen LogP contribution is -2.21. The number of aromatic amines is 1. The average Bonchev–Trinajstić information content (AvgIpc) is 3.35. The van der Waals surface area contributed by atoms with Gasteiger partial charge in [0, 0.05) is 23.9 Å². The predicted molar refractivity (Wildman–Crippen MR) is 126 cm³/mol. The quantitative estimate of drug-likeness (QED) is 0.389. The van der Waals surface area contributed by atoms with E-state index in [1.165, 1.54) is 19.3 Å². The molecule has 3 aromatic rings. The molecule has 1 saturated carbocycles. The molecule has 0 saturated heterocycles. The molecule has 1 fully saturated rings. The lowest BCUT2D eigenvalue weighted by atomic mass is 9.87. The number of hydrogen-bond acceptors (Lipinski definition) is 6. The van der Waals surface area contributed by atoms with Crippen LogP contribution in [0.2, 0.25) is 5.02 Å². The van der Waals surface area contributed by atoms with Crippen LogP contribution in [0.4, 0.5) is 18.9 Å². The van der Waals surface area contributed by atoms with Crippen molar-refractivity contribution in [2.45, 2.75) is 64.0 Å². The second-order valence-corrected chi connectivity index (χ2v) is 8.94. The summed E-state index contributed by atoms with van der Waals surface area (Å²) in [5.74, 6) is -1.52. The molecular formula is C23H26ClF3N6O3. The SMILES string of the molecule is O=C(CC1CCCCC1)Nc1c(Cl)ccc2nc(CCCc3nn[nH]n3)ccc12.O=C(O)C(F)(F)F. The van der Waals surface area contributed by atoms with Crippen LogP contribution in [0.3, 0.4) is 0 Å². The third-order valence-electron chi connectivity index (χ3n) is 5.81. The minimum absolute atomic E-state index is 0.0375. The molecule has 1 amide bonds. The van der Waals surface area contributed by atoms with Crippen LogP contribution in [-0.4, -0.2) is 48.8 Å². The van der Waals surface area contributed by atoms with Crippen molar-refractivity contribution in [3.63, 3.8) is 0 Å². The number of rotatable bonds is 7. The molecule has 2 aromatic heterocycles. The number of hydrogen-bond donors (Lipinski definition) is 3. The van der Waals surface area contributed by atoms with Crippen LogP contribution in [0, 0.1) is 5.92 Å². The summed E-state index contributed by atoms with van der Waals surface area (Å²) in [6, 6.07) is 7.69. The van der Waals surface area contributed by atoms with Crippen LogP contribution in [0.25, 0.3) is 10.9 Å². The fourth-order valence-electron chi connectivity index (χ4n) is 4.05. The lowest BCUT2D eigenvalue weighted by Gasteiger charge is -2.21. The minimum Gasteiger partial charge on any atom is -0.475 e. The van der Waals surface area contributed by atoms with E-state index >= 15 is 0 Å². The topological polar surface area (TPSA) is 134 Å². The molecule has 1 aromatic carbocycles. The molecule has 3 N–H and O–H groups in total. The van der Waals surface area contributed by atoms with E-state index in [-0.39, 0.29) is 5.91 Å². The zero-order valence-corrected chi connectivity index (χ0v) is 20.1. The monoisotopic (exact) mass is 526 g/mol. The first-order valence-electron chi connectivity index (χ1n) is 11.5. The molecule has 194 valence electrons. The fraction of sp³-hybridized carbons (Fsp3) is 0.478. The highest BCUT2D eigenvalue weighted by Crippen LogP contribution is 2.32. The lowest BCUT2D eigenvalue weighted by molar-refractivity contribution is -0.192. The Bertz CT molecular complexity index is 1170. The normalized spacial score (nSPS) is 14.2. The third-order valence-corrected chi connectivity index (χ3v) is 6.12. The van der Waals surface area contributed by atoms with Gasteiger partial charge in [-0.05, 0) is 55.9 Å². The first-order chi connectivity index (χ1) is 17.1. The van der Waals surface area contributed by atoms with Gasteiger partial charge in [-0.25, -0.2) is 4.79 Å². The molecule has 0 spiro atoms. The Morgan fingerprint density at radius 3 is 2.47 bits per heavy atom. The predicted octanol–water partition coefficient (Wildman–Crippen LogP) is 5.12. The standard InChI is InChI=1S/C21H25ClN6O.C2HF3O2/c22-17-11-12-18-16(21(17)24-20(29)13-14-5-2-1-3-6-14)10-9-15(23-18)7-4-8-19-25-27-28-26-19;3-2(4,5)1(6)7/h9-12,14H,1-8,13H2,(H,24,29)(H,25,26,27,28);(H,6,7). The maximum atomic E-state index is 12.6. The highest BCUT2D eigenvalue weighted by Gasteiger charge is 2.38. The smallest absolute Gasteiger partial charge is 0.475 e. The van der Waals surface area contributed by atoms with E-state index in [9.17, 15) is 18.0 Å². The number of carbonyl (C=O) groups is 2. The van der Waals surface area contributed by atoms with Crippen molar-refractivity contribution in [2.75, 3.05) is 5.32 Å². The van der Waals surface area contributed by atoms with Gasteiger partial charge < -0.3 is 10.4 Å². The van der Waals surface area contributed by atoms with Crippen LogP contribution in [0.5, 0.6) is 0 Å². The van der Waals surface area contributed by atoms with Crippen molar-refractivity contribution in [3.8, 4) is 0 Å². The van der Waals surface area contributed by atoms with Crippen LogP contribution in [-0.2, 0) is 22.4 Å². The van der Waals surface area contributed by atoms with E-state index in [4.69, 9.17) is 26.5 Å². The van der Waals surface area contributed by atoms with Gasteiger partial charge in [0.15, 0.2) is 5.82 Å². The molecule has 0 radical (unpaired) electrons. The molecule has 1 aliphatic carbocycles. The molecule has 0 aliphatic heterocycles. The number of nitrogens with one attached hydrogen (secondary N) is 2. The van der Waals surface area contributed by atoms with E-state index in [0.717, 1.165) is 48.7 Å². The first-order valence-corrected chi connectivity index (χ1v) is 11.9. The number of fused-ring (bicyclic) bond motifs is 1. The third kappa shape index (κ3) is 8.14. The van der Waals surface area contributed by atoms with Crippen molar-refractivity contribution < 1.29 is 27.9 Å². The highest BCUT2D eigenvalue weighted by atomic mass is 35.5. The number of halogens is 4. The summed E-state index contributed by atoms with van der Waals surface area (Å²) < 4.78 is 31.7. The van der Waals surface area contributed by atoms with Crippen LogP contribution in [0.1, 0.15) is 56.5 Å². The Morgan fingerprint density at radius 2 is 1.83 bits per heavy atom. The summed E-state index contributed by atoms with van der Waals surface area (Å²) in [5.41, 5.74) is 2.48. The number of carboxylic acid groups (broad SMARTS) is 1. The minimum atomic E-state index is -5.08. The number of aryl methyl sites for hydroxylation is 2. The molecule has 2 heterocycles. The van der Waals surface area contributed by atoms with Gasteiger partial charge in [-0.1, -0.05) is 36.1 Å². The number of anilines is 1. The van der Waals surface area contributed by atoms with Gasteiger partial charge >= 0.3 is 12.1 Å². The zero-order valence-electron chi connectivity index (χ0n) is 19.3. The Balaban J connectivity index is 0.000000454. The largest absolute Gasteiger partial charge is 0.490 e. The summed E-state index contributed by atoms with van der Waals surface area (Å²) in [5, 5.41) is 25.5. The number of pyridine rings is 1. The van der Waals surface area contributed by atoms with Crippen molar-refractivity contribution in [2.24, 2.45) is 5.92 Å². The number of carboxylic acids is 1. The van der Waals surface area contributed by atoms with Crippen molar-refractivity contribution in [1.29, 1.82) is 0 Å². The summed E-state index contributed by atoms with van der Waals surface area (Å²) in [4.78, 5) is 26.2. The molecule has 1 aliphatic rings. The Kier molecular flexibility index (Phi) is 9.57. The number of amides is 1. The Hall–Kier alpha value is -3.28. The summed E-state index contributed by atoms with van der Waals surface area (Å²) in [6.45, 7) is 0. The number of benzene rings is 1. The second kappa shape index (κ2) is 12.6. The van der Waals surface area contributed by atoms with Gasteiger partial charge in [0.25, 0.3) is 0 Å². The second-order valence-electron chi connectivity index (χ2n) is 8.53. The number of nitrogens with zero attached hydrogens (tertiary/aromatic N) is 4. The molecular weight excluding hydrogens is 501 g/mol. The molecule has 4 rings (SSSR count). The zero-order chi connectivity index (χ0) is 26.1. The molecule has 13 heteroatoms. The number of aromatic nitrogens is 5. The summed E-state index contributed by atoms with van der Waals surface area (Å²) >= 11 is 6.41. The number of carbonyl (C=O) groups excluding carboxylic acids is 1. The van der Waals surface area contributed by atoms with Crippen LogP contribution >= 0.6 is 11.6 Å². The number of tetrazole rings is 1. The Morgan fingerprint density at radius 1 is 1.11 bits per heavy atom. The molecule has 0 atom stereocenters. The average molecular weight is 527 g/mol. The van der Waals surface area contributed by atoms with Crippen molar-refractivity contribution >= 4 is 40.1 Å². The number of H-pyrrole nitrogens is 1. The van der Waals surface area contributed by atoms with E-state index in [2.05, 4.69) is 25.9 Å². The maximum absolute atomic E-state index is 12.6. The van der Waals surface area contributed by atoms with Gasteiger partial charge in [0.1, 0.15) is 0 Å². The number of alkyl halides is 3. The van der Waals surface area contributed by atoms with E-state index in [0.29, 0.717) is 28.9 Å².